The van der Waals surface area contributed by atoms with E-state index < -0.39 is 0 Å². The van der Waals surface area contributed by atoms with Gasteiger partial charge in [-0.1, -0.05) is 31.5 Å². The van der Waals surface area contributed by atoms with E-state index in [1.54, 1.807) is 29.6 Å². The predicted molar refractivity (Wildman–Crippen MR) is 115 cm³/mol. The summed E-state index contributed by atoms with van der Waals surface area (Å²) in [6.45, 7) is 6.39. The van der Waals surface area contributed by atoms with Crippen molar-refractivity contribution in [3.8, 4) is 0 Å². The van der Waals surface area contributed by atoms with Gasteiger partial charge in [-0.2, -0.15) is 0 Å². The second-order valence-electron chi connectivity index (χ2n) is 6.97. The lowest BCUT2D eigenvalue weighted by atomic mass is 10.1. The molecule has 0 aliphatic heterocycles. The molecule has 3 amide bonds. The fourth-order valence-electron chi connectivity index (χ4n) is 2.63. The number of thiazole rings is 1. The van der Waals surface area contributed by atoms with Crippen molar-refractivity contribution in [1.82, 2.24) is 15.2 Å². The zero-order valence-electron chi connectivity index (χ0n) is 17.1. The van der Waals surface area contributed by atoms with E-state index in [-0.39, 0.29) is 36.7 Å². The van der Waals surface area contributed by atoms with Crippen LogP contribution in [0.15, 0.2) is 35.7 Å². The molecule has 156 valence electrons. The number of hydrogen-bond donors (Lipinski definition) is 2. The van der Waals surface area contributed by atoms with Crippen LogP contribution in [0.4, 0.5) is 5.13 Å². The number of nitrogens with zero attached hydrogens (tertiary/aromatic N) is 2. The van der Waals surface area contributed by atoms with Crippen LogP contribution in [-0.2, 0) is 16.0 Å². The van der Waals surface area contributed by atoms with E-state index in [4.69, 9.17) is 0 Å². The Morgan fingerprint density at radius 1 is 1.14 bits per heavy atom. The molecule has 0 atom stereocenters. The van der Waals surface area contributed by atoms with Gasteiger partial charge in [0, 0.05) is 23.5 Å². The van der Waals surface area contributed by atoms with Crippen LogP contribution in [0.1, 0.15) is 49.7 Å². The van der Waals surface area contributed by atoms with Crippen molar-refractivity contribution >= 4 is 34.2 Å². The van der Waals surface area contributed by atoms with Gasteiger partial charge in [0.25, 0.3) is 5.91 Å². The smallest absolute Gasteiger partial charge is 0.254 e. The van der Waals surface area contributed by atoms with Crippen LogP contribution in [0.5, 0.6) is 0 Å². The van der Waals surface area contributed by atoms with Crippen molar-refractivity contribution in [2.75, 3.05) is 18.4 Å². The Morgan fingerprint density at radius 3 is 2.52 bits per heavy atom. The van der Waals surface area contributed by atoms with Crippen LogP contribution in [-0.4, -0.2) is 46.7 Å². The highest BCUT2D eigenvalue weighted by molar-refractivity contribution is 7.13. The highest BCUT2D eigenvalue weighted by Gasteiger charge is 2.22. The molecule has 1 aromatic carbocycles. The Morgan fingerprint density at radius 2 is 1.86 bits per heavy atom. The van der Waals surface area contributed by atoms with E-state index >= 15 is 0 Å². The summed E-state index contributed by atoms with van der Waals surface area (Å²) < 4.78 is 0. The first-order valence-corrected chi connectivity index (χ1v) is 10.7. The molecule has 2 rings (SSSR count). The number of amides is 3. The summed E-state index contributed by atoms with van der Waals surface area (Å²) in [6, 6.07) is 8.76. The van der Waals surface area contributed by atoms with E-state index in [1.165, 1.54) is 16.2 Å². The molecule has 0 bridgehead atoms. The lowest BCUT2D eigenvalue weighted by Crippen LogP contribution is -2.42. The maximum absolute atomic E-state index is 12.7. The molecule has 0 radical (unpaired) electrons. The molecular weight excluding hydrogens is 388 g/mol. The molecule has 0 aliphatic carbocycles. The average Bonchev–Trinajstić information content (AvgIpc) is 3.12. The highest BCUT2D eigenvalue weighted by atomic mass is 32.1. The topological polar surface area (TPSA) is 91.4 Å². The van der Waals surface area contributed by atoms with Crippen LogP contribution in [0.3, 0.4) is 0 Å². The van der Waals surface area contributed by atoms with Crippen molar-refractivity contribution in [3.63, 3.8) is 0 Å². The fraction of sp³-hybridized carbons (Fsp3) is 0.429. The Bertz CT molecular complexity index is 820. The molecule has 0 saturated heterocycles. The van der Waals surface area contributed by atoms with Gasteiger partial charge >= 0.3 is 0 Å². The van der Waals surface area contributed by atoms with E-state index in [1.807, 2.05) is 19.9 Å². The van der Waals surface area contributed by atoms with Gasteiger partial charge in [0.05, 0.1) is 12.1 Å². The summed E-state index contributed by atoms with van der Waals surface area (Å²) >= 11 is 1.26. The molecule has 2 N–H and O–H groups in total. The van der Waals surface area contributed by atoms with Crippen molar-refractivity contribution in [2.45, 2.75) is 46.1 Å². The Labute approximate surface area is 175 Å². The minimum atomic E-state index is -0.323. The van der Waals surface area contributed by atoms with Gasteiger partial charge in [0.15, 0.2) is 5.13 Å². The summed E-state index contributed by atoms with van der Waals surface area (Å²) in [4.78, 5) is 42.8. The van der Waals surface area contributed by atoms with Gasteiger partial charge in [-0.05, 0) is 32.4 Å². The van der Waals surface area contributed by atoms with Crippen LogP contribution in [0.2, 0.25) is 0 Å². The largest absolute Gasteiger partial charge is 0.356 e. The number of rotatable bonds is 10. The van der Waals surface area contributed by atoms with Crippen LogP contribution in [0, 0.1) is 0 Å². The first kappa shape index (κ1) is 22.5. The maximum Gasteiger partial charge on any atom is 0.254 e. The van der Waals surface area contributed by atoms with E-state index in [2.05, 4.69) is 22.5 Å². The third-order valence-corrected chi connectivity index (χ3v) is 5.02. The minimum absolute atomic E-state index is 0.0716. The van der Waals surface area contributed by atoms with Gasteiger partial charge in [-0.3, -0.25) is 14.4 Å². The number of carbonyl (C=O) groups excluding carboxylic acids is 3. The first-order valence-electron chi connectivity index (χ1n) is 9.77. The molecule has 0 fully saturated rings. The second kappa shape index (κ2) is 11.3. The summed E-state index contributed by atoms with van der Waals surface area (Å²) in [7, 11) is 0. The number of carbonyl (C=O) groups is 3. The average molecular weight is 417 g/mol. The zero-order valence-corrected chi connectivity index (χ0v) is 17.9. The van der Waals surface area contributed by atoms with E-state index in [9.17, 15) is 14.4 Å². The fourth-order valence-corrected chi connectivity index (χ4v) is 3.35. The lowest BCUT2D eigenvalue weighted by molar-refractivity contribution is -0.120. The predicted octanol–water partition coefficient (Wildman–Crippen LogP) is 3.09. The number of benzene rings is 1. The monoisotopic (exact) mass is 416 g/mol. The molecule has 0 aliphatic rings. The quantitative estimate of drug-likeness (QED) is 0.582. The number of nitrogens with one attached hydrogen (secondary N) is 2. The number of anilines is 1. The molecule has 0 spiro atoms. The summed E-state index contributed by atoms with van der Waals surface area (Å²) in [5.74, 6) is -0.600. The van der Waals surface area contributed by atoms with Crippen molar-refractivity contribution in [3.05, 3.63) is 47.0 Å². The molecule has 0 saturated carbocycles. The van der Waals surface area contributed by atoms with Gasteiger partial charge in [0.1, 0.15) is 6.54 Å². The molecule has 1 aromatic heterocycles. The molecule has 2 aromatic rings. The van der Waals surface area contributed by atoms with Gasteiger partial charge in [-0.15, -0.1) is 11.3 Å². The summed E-state index contributed by atoms with van der Waals surface area (Å²) in [5, 5.41) is 7.74. The summed E-state index contributed by atoms with van der Waals surface area (Å²) in [6.07, 6.45) is 2.15. The Hall–Kier alpha value is -2.74. The Kier molecular flexibility index (Phi) is 8.79. The van der Waals surface area contributed by atoms with Crippen molar-refractivity contribution in [2.24, 2.45) is 0 Å². The lowest BCUT2D eigenvalue weighted by Gasteiger charge is -2.26. The number of aromatic nitrogens is 1. The zero-order chi connectivity index (χ0) is 21.2. The first-order chi connectivity index (χ1) is 13.9. The standard InChI is InChI=1S/C21H28N4O3S/c1-4-5-11-22-18(26)12-17-14-29-21(23-17)24-19(27)13-25(15(2)3)20(28)16-9-7-6-8-10-16/h6-10,14-15H,4-5,11-13H2,1-3H3,(H,22,26)(H,23,24,27). The third-order valence-electron chi connectivity index (χ3n) is 4.21. The minimum Gasteiger partial charge on any atom is -0.356 e. The molecule has 7 nitrogen and oxygen atoms in total. The van der Waals surface area contributed by atoms with E-state index in [0.29, 0.717) is 22.9 Å². The van der Waals surface area contributed by atoms with Crippen molar-refractivity contribution in [1.29, 1.82) is 0 Å². The maximum atomic E-state index is 12.7. The number of hydrogen-bond acceptors (Lipinski definition) is 5. The van der Waals surface area contributed by atoms with Gasteiger partial charge in [0.2, 0.25) is 11.8 Å². The van der Waals surface area contributed by atoms with Gasteiger partial charge < -0.3 is 15.5 Å². The SMILES string of the molecule is CCCCNC(=O)Cc1csc(NC(=O)CN(C(=O)c2ccccc2)C(C)C)n1. The second-order valence-corrected chi connectivity index (χ2v) is 7.82. The molecule has 8 heteroatoms. The molecule has 1 heterocycles. The van der Waals surface area contributed by atoms with Crippen LogP contribution >= 0.6 is 11.3 Å². The van der Waals surface area contributed by atoms with Crippen LogP contribution < -0.4 is 10.6 Å². The molecule has 0 unspecified atom stereocenters. The molecular formula is C21H28N4O3S. The van der Waals surface area contributed by atoms with E-state index in [0.717, 1.165) is 12.8 Å². The van der Waals surface area contributed by atoms with Crippen LogP contribution in [0.25, 0.3) is 0 Å². The van der Waals surface area contributed by atoms with Gasteiger partial charge in [-0.25, -0.2) is 4.98 Å². The third kappa shape index (κ3) is 7.30. The molecule has 29 heavy (non-hydrogen) atoms. The Balaban J connectivity index is 1.91. The van der Waals surface area contributed by atoms with Crippen molar-refractivity contribution < 1.29 is 14.4 Å². The number of unbranched alkanes of at least 4 members (excludes halogenated alkanes) is 1. The highest BCUT2D eigenvalue weighted by Crippen LogP contribution is 2.16. The normalized spacial score (nSPS) is 10.6. The summed E-state index contributed by atoms with van der Waals surface area (Å²) in [5.41, 5.74) is 1.15.